The lowest BCUT2D eigenvalue weighted by Crippen LogP contribution is -2.50. The zero-order valence-corrected chi connectivity index (χ0v) is 22.8. The molecule has 1 fully saturated rings. The third-order valence-electron chi connectivity index (χ3n) is 6.90. The summed E-state index contributed by atoms with van der Waals surface area (Å²) in [5, 5.41) is 3.98. The number of amides is 2. The zero-order valence-electron chi connectivity index (χ0n) is 22.8. The molecule has 0 saturated carbocycles. The fraction of sp³-hybridized carbons (Fsp3) is 0.323. The third-order valence-corrected chi connectivity index (χ3v) is 6.90. The number of aromatic nitrogens is 2. The summed E-state index contributed by atoms with van der Waals surface area (Å²) in [7, 11) is 0. The van der Waals surface area contributed by atoms with E-state index in [1.54, 1.807) is 6.33 Å². The number of fused-ring (bicyclic) bond motifs is 1. The highest BCUT2D eigenvalue weighted by Gasteiger charge is 2.24. The summed E-state index contributed by atoms with van der Waals surface area (Å²) < 4.78 is 11.9. The third kappa shape index (κ3) is 6.39. The van der Waals surface area contributed by atoms with Crippen LogP contribution in [0.1, 0.15) is 30.9 Å². The highest BCUT2D eigenvalue weighted by atomic mass is 16.5. The molecule has 5 rings (SSSR count). The van der Waals surface area contributed by atoms with E-state index in [9.17, 15) is 4.79 Å². The van der Waals surface area contributed by atoms with Crippen molar-refractivity contribution in [2.45, 2.75) is 33.6 Å². The zero-order chi connectivity index (χ0) is 27.2. The minimum absolute atomic E-state index is 0.114. The summed E-state index contributed by atoms with van der Waals surface area (Å²) in [4.78, 5) is 26.1. The van der Waals surface area contributed by atoms with E-state index in [0.717, 1.165) is 58.1 Å². The monoisotopic (exact) mass is 525 g/mol. The first-order valence-electron chi connectivity index (χ1n) is 13.5. The lowest BCUT2D eigenvalue weighted by atomic mass is 10.1. The lowest BCUT2D eigenvalue weighted by Gasteiger charge is -2.35. The van der Waals surface area contributed by atoms with Gasteiger partial charge in [-0.15, -0.1) is 0 Å². The van der Waals surface area contributed by atoms with Crippen LogP contribution < -0.4 is 19.7 Å². The molecule has 0 spiro atoms. The average molecular weight is 526 g/mol. The van der Waals surface area contributed by atoms with E-state index in [1.807, 2.05) is 67.3 Å². The second-order valence-corrected chi connectivity index (χ2v) is 9.88. The molecular weight excluding hydrogens is 490 g/mol. The molecule has 4 aromatic rings. The number of urea groups is 1. The molecule has 1 N–H and O–H groups in total. The van der Waals surface area contributed by atoms with Crippen LogP contribution in [-0.2, 0) is 0 Å². The number of benzene rings is 3. The minimum atomic E-state index is -0.114. The highest BCUT2D eigenvalue weighted by molar-refractivity contribution is 5.92. The van der Waals surface area contributed by atoms with E-state index in [0.29, 0.717) is 32.8 Å². The molecule has 1 aliphatic rings. The van der Waals surface area contributed by atoms with Gasteiger partial charge in [0.25, 0.3) is 0 Å². The summed E-state index contributed by atoms with van der Waals surface area (Å²) in [5.41, 5.74) is 3.88. The van der Waals surface area contributed by atoms with Gasteiger partial charge >= 0.3 is 6.03 Å². The number of aryl methyl sites for hydroxylation is 2. The second-order valence-electron chi connectivity index (χ2n) is 9.88. The Balaban J connectivity index is 1.19. The molecule has 2 heterocycles. The van der Waals surface area contributed by atoms with Gasteiger partial charge in [-0.3, -0.25) is 0 Å². The van der Waals surface area contributed by atoms with Crippen LogP contribution in [-0.4, -0.2) is 53.7 Å². The normalized spacial score (nSPS) is 13.4. The first-order chi connectivity index (χ1) is 19.0. The van der Waals surface area contributed by atoms with Crippen molar-refractivity contribution < 1.29 is 14.3 Å². The number of carbonyl (C=O) groups is 1. The number of anilines is 2. The maximum absolute atomic E-state index is 13.0. The van der Waals surface area contributed by atoms with Gasteiger partial charge in [-0.1, -0.05) is 31.0 Å². The minimum Gasteiger partial charge on any atom is -0.493 e. The van der Waals surface area contributed by atoms with Gasteiger partial charge < -0.3 is 24.6 Å². The standard InChI is InChI=1S/C31H35N5O3/c1-4-5-18-38-29-20-27-28(19-23(29)3)32-21-33-30(27)35-14-16-36(17-15-35)31(37)34-24-8-12-26(13-9-24)39-25-10-6-22(2)7-11-25/h6-13,19-21H,4-5,14-18H2,1-3H3,(H,34,37). The summed E-state index contributed by atoms with van der Waals surface area (Å²) in [6.07, 6.45) is 3.72. The van der Waals surface area contributed by atoms with Gasteiger partial charge in [0.05, 0.1) is 12.1 Å². The van der Waals surface area contributed by atoms with E-state index in [4.69, 9.17) is 9.47 Å². The molecule has 0 atom stereocenters. The predicted octanol–water partition coefficient (Wildman–Crippen LogP) is 6.57. The van der Waals surface area contributed by atoms with Crippen molar-refractivity contribution in [1.82, 2.24) is 14.9 Å². The lowest BCUT2D eigenvalue weighted by molar-refractivity contribution is 0.208. The molecule has 39 heavy (non-hydrogen) atoms. The van der Waals surface area contributed by atoms with Crippen LogP contribution in [0.5, 0.6) is 17.2 Å². The fourth-order valence-corrected chi connectivity index (χ4v) is 4.58. The molecule has 2 amide bonds. The summed E-state index contributed by atoms with van der Waals surface area (Å²) in [6, 6.07) is 19.3. The number of nitrogens with one attached hydrogen (secondary N) is 1. The first kappa shape index (κ1) is 26.3. The number of rotatable bonds is 8. The Labute approximate surface area is 229 Å². The Morgan fingerprint density at radius 1 is 0.923 bits per heavy atom. The molecule has 8 heteroatoms. The van der Waals surface area contributed by atoms with Crippen LogP contribution in [0.3, 0.4) is 0 Å². The average Bonchev–Trinajstić information content (AvgIpc) is 2.95. The Morgan fingerprint density at radius 3 is 2.31 bits per heavy atom. The Kier molecular flexibility index (Phi) is 8.10. The van der Waals surface area contributed by atoms with Gasteiger partial charge in [0.15, 0.2) is 0 Å². The Morgan fingerprint density at radius 2 is 1.62 bits per heavy atom. The Bertz CT molecular complexity index is 1420. The predicted molar refractivity (Wildman–Crippen MR) is 155 cm³/mol. The summed E-state index contributed by atoms with van der Waals surface area (Å²) >= 11 is 0. The number of hydrogen-bond acceptors (Lipinski definition) is 6. The van der Waals surface area contributed by atoms with E-state index in [-0.39, 0.29) is 6.03 Å². The molecule has 0 unspecified atom stereocenters. The molecule has 0 aliphatic carbocycles. The van der Waals surface area contributed by atoms with Crippen molar-refractivity contribution >= 4 is 28.4 Å². The molecule has 0 radical (unpaired) electrons. The molecule has 202 valence electrons. The van der Waals surface area contributed by atoms with E-state index in [2.05, 4.69) is 39.2 Å². The number of hydrogen-bond donors (Lipinski definition) is 1. The van der Waals surface area contributed by atoms with Gasteiger partial charge in [0.1, 0.15) is 29.4 Å². The first-order valence-corrected chi connectivity index (χ1v) is 13.5. The molecule has 0 bridgehead atoms. The van der Waals surface area contributed by atoms with Crippen LogP contribution in [0, 0.1) is 13.8 Å². The van der Waals surface area contributed by atoms with E-state index in [1.165, 1.54) is 5.56 Å². The SMILES string of the molecule is CCCCOc1cc2c(N3CCN(C(=O)Nc4ccc(Oc5ccc(C)cc5)cc4)CC3)ncnc2cc1C. The van der Waals surface area contributed by atoms with Crippen molar-refractivity contribution in [2.75, 3.05) is 43.0 Å². The van der Waals surface area contributed by atoms with Gasteiger partial charge in [-0.2, -0.15) is 0 Å². The van der Waals surface area contributed by atoms with Crippen LogP contribution in [0.25, 0.3) is 10.9 Å². The van der Waals surface area contributed by atoms with Crippen LogP contribution >= 0.6 is 0 Å². The van der Waals surface area contributed by atoms with Gasteiger partial charge in [0.2, 0.25) is 0 Å². The smallest absolute Gasteiger partial charge is 0.321 e. The second kappa shape index (κ2) is 12.0. The largest absolute Gasteiger partial charge is 0.493 e. The number of piperazine rings is 1. The number of nitrogens with zero attached hydrogens (tertiary/aromatic N) is 4. The van der Waals surface area contributed by atoms with Crippen molar-refractivity contribution in [3.05, 3.63) is 78.1 Å². The van der Waals surface area contributed by atoms with Crippen LogP contribution in [0.15, 0.2) is 67.0 Å². The van der Waals surface area contributed by atoms with Gasteiger partial charge in [-0.25, -0.2) is 14.8 Å². The summed E-state index contributed by atoms with van der Waals surface area (Å²) in [6.45, 7) is 9.49. The molecule has 1 aliphatic heterocycles. The molecule has 3 aromatic carbocycles. The molecule has 1 aromatic heterocycles. The Hall–Kier alpha value is -4.33. The fourth-order valence-electron chi connectivity index (χ4n) is 4.58. The highest BCUT2D eigenvalue weighted by Crippen LogP contribution is 2.31. The molecular formula is C31H35N5O3. The maximum Gasteiger partial charge on any atom is 0.321 e. The molecule has 1 saturated heterocycles. The van der Waals surface area contributed by atoms with Crippen LogP contribution in [0.2, 0.25) is 0 Å². The van der Waals surface area contributed by atoms with Crippen LogP contribution in [0.4, 0.5) is 16.3 Å². The number of carbonyl (C=O) groups excluding carboxylic acids is 1. The summed E-state index contributed by atoms with van der Waals surface area (Å²) in [5.74, 6) is 3.25. The maximum atomic E-state index is 13.0. The van der Waals surface area contributed by atoms with Crippen molar-refractivity contribution in [3.63, 3.8) is 0 Å². The van der Waals surface area contributed by atoms with Gasteiger partial charge in [0, 0.05) is 37.3 Å². The van der Waals surface area contributed by atoms with E-state index < -0.39 is 0 Å². The molecule has 8 nitrogen and oxygen atoms in total. The van der Waals surface area contributed by atoms with E-state index >= 15 is 0 Å². The van der Waals surface area contributed by atoms with Crippen molar-refractivity contribution in [3.8, 4) is 17.2 Å². The number of ether oxygens (including phenoxy) is 2. The topological polar surface area (TPSA) is 79.8 Å². The number of unbranched alkanes of at least 4 members (excludes halogenated alkanes) is 1. The van der Waals surface area contributed by atoms with Crippen molar-refractivity contribution in [1.29, 1.82) is 0 Å². The quantitative estimate of drug-likeness (QED) is 0.262. The van der Waals surface area contributed by atoms with Crippen molar-refractivity contribution in [2.24, 2.45) is 0 Å². The van der Waals surface area contributed by atoms with Gasteiger partial charge in [-0.05, 0) is 74.4 Å².